The fourth-order valence-electron chi connectivity index (χ4n) is 3.06. The summed E-state index contributed by atoms with van der Waals surface area (Å²) in [5, 5.41) is 0. The van der Waals surface area contributed by atoms with E-state index in [9.17, 15) is 4.79 Å². The molecule has 0 radical (unpaired) electrons. The Kier molecular flexibility index (Phi) is 3.91. The predicted octanol–water partition coefficient (Wildman–Crippen LogP) is 2.68. The second-order valence-electron chi connectivity index (χ2n) is 5.43. The predicted molar refractivity (Wildman–Crippen MR) is 72.3 cm³/mol. The Morgan fingerprint density at radius 2 is 2.33 bits per heavy atom. The molecule has 0 aromatic carbocycles. The molecule has 1 fully saturated rings. The highest BCUT2D eigenvalue weighted by molar-refractivity contribution is 5.87. The first-order valence-electron chi connectivity index (χ1n) is 6.90. The van der Waals surface area contributed by atoms with Crippen LogP contribution < -0.4 is 0 Å². The molecule has 0 aromatic rings. The standard InChI is InChI=1S/C15H23NO2/c1-4-5-8-12-11-14(17)18-15(12,2)13-9-6-7-10-16(13)3/h5,8,11,13H,4,6-7,9-10H2,1-3H3/b8-5-/t13?,15-/m0/s1. The van der Waals surface area contributed by atoms with Crippen LogP contribution in [0.2, 0.25) is 0 Å². The fraction of sp³-hybridized carbons (Fsp3) is 0.667. The normalized spacial score (nSPS) is 33.8. The number of cyclic esters (lactones) is 1. The second kappa shape index (κ2) is 5.27. The Morgan fingerprint density at radius 3 is 3.00 bits per heavy atom. The molecule has 0 bridgehead atoms. The minimum absolute atomic E-state index is 0.202. The summed E-state index contributed by atoms with van der Waals surface area (Å²) in [5.41, 5.74) is 0.547. The Hall–Kier alpha value is -1.09. The third-order valence-corrected chi connectivity index (χ3v) is 4.10. The summed E-state index contributed by atoms with van der Waals surface area (Å²) in [6.45, 7) is 5.23. The molecule has 0 aromatic heterocycles. The molecule has 1 unspecified atom stereocenters. The van der Waals surface area contributed by atoms with Gasteiger partial charge in [0.15, 0.2) is 5.60 Å². The van der Waals surface area contributed by atoms with Gasteiger partial charge < -0.3 is 4.74 Å². The summed E-state index contributed by atoms with van der Waals surface area (Å²) in [7, 11) is 2.13. The molecule has 3 nitrogen and oxygen atoms in total. The molecule has 2 aliphatic heterocycles. The zero-order valence-electron chi connectivity index (χ0n) is 11.6. The van der Waals surface area contributed by atoms with Gasteiger partial charge in [-0.25, -0.2) is 4.79 Å². The number of rotatable bonds is 3. The van der Waals surface area contributed by atoms with Gasteiger partial charge in [0, 0.05) is 11.6 Å². The summed E-state index contributed by atoms with van der Waals surface area (Å²) in [6, 6.07) is 0.297. The molecule has 2 heterocycles. The summed E-state index contributed by atoms with van der Waals surface area (Å²) in [6.07, 6.45) is 10.3. The first kappa shape index (κ1) is 13.3. The maximum atomic E-state index is 11.6. The van der Waals surface area contributed by atoms with E-state index in [2.05, 4.69) is 31.9 Å². The minimum Gasteiger partial charge on any atom is -0.450 e. The molecule has 18 heavy (non-hydrogen) atoms. The van der Waals surface area contributed by atoms with Crippen molar-refractivity contribution < 1.29 is 9.53 Å². The molecule has 0 aliphatic carbocycles. The number of esters is 1. The van der Waals surface area contributed by atoms with Crippen LogP contribution in [0.25, 0.3) is 0 Å². The number of hydrogen-bond acceptors (Lipinski definition) is 3. The van der Waals surface area contributed by atoms with E-state index in [1.165, 1.54) is 12.8 Å². The Morgan fingerprint density at radius 1 is 1.56 bits per heavy atom. The van der Waals surface area contributed by atoms with Crippen molar-refractivity contribution in [2.45, 2.75) is 51.2 Å². The molecule has 0 saturated carbocycles. The zero-order valence-corrected chi connectivity index (χ0v) is 11.6. The maximum absolute atomic E-state index is 11.6. The fourth-order valence-corrected chi connectivity index (χ4v) is 3.06. The minimum atomic E-state index is -0.474. The molecule has 2 aliphatic rings. The number of allylic oxidation sites excluding steroid dienone is 1. The van der Waals surface area contributed by atoms with Crippen molar-refractivity contribution in [2.24, 2.45) is 0 Å². The van der Waals surface area contributed by atoms with Crippen molar-refractivity contribution in [1.29, 1.82) is 0 Å². The Balaban J connectivity index is 2.25. The Labute approximate surface area is 109 Å². The van der Waals surface area contributed by atoms with E-state index in [4.69, 9.17) is 4.74 Å². The van der Waals surface area contributed by atoms with Crippen molar-refractivity contribution in [1.82, 2.24) is 4.90 Å². The molecule has 2 rings (SSSR count). The second-order valence-corrected chi connectivity index (χ2v) is 5.43. The van der Waals surface area contributed by atoms with E-state index < -0.39 is 5.60 Å². The van der Waals surface area contributed by atoms with Crippen LogP contribution in [0.15, 0.2) is 23.8 Å². The van der Waals surface area contributed by atoms with Gasteiger partial charge in [0.1, 0.15) is 0 Å². The monoisotopic (exact) mass is 249 g/mol. The summed E-state index contributed by atoms with van der Waals surface area (Å²) >= 11 is 0. The highest BCUT2D eigenvalue weighted by Crippen LogP contribution is 2.38. The summed E-state index contributed by atoms with van der Waals surface area (Å²) in [4.78, 5) is 14.0. The average Bonchev–Trinajstić information content (AvgIpc) is 2.63. The van der Waals surface area contributed by atoms with Crippen molar-refractivity contribution >= 4 is 5.97 Å². The third kappa shape index (κ3) is 2.37. The quantitative estimate of drug-likeness (QED) is 0.720. The van der Waals surface area contributed by atoms with Crippen molar-refractivity contribution in [2.75, 3.05) is 13.6 Å². The van der Waals surface area contributed by atoms with Crippen LogP contribution in [-0.4, -0.2) is 36.1 Å². The van der Waals surface area contributed by atoms with Gasteiger partial charge in [0.2, 0.25) is 0 Å². The van der Waals surface area contributed by atoms with Gasteiger partial charge in [-0.3, -0.25) is 4.90 Å². The lowest BCUT2D eigenvalue weighted by Gasteiger charge is -2.42. The number of likely N-dealkylation sites (tertiary alicyclic amines) is 1. The zero-order chi connectivity index (χ0) is 13.2. The van der Waals surface area contributed by atoms with Crippen LogP contribution in [0, 0.1) is 0 Å². The van der Waals surface area contributed by atoms with Gasteiger partial charge in [0.25, 0.3) is 0 Å². The molecule has 0 N–H and O–H groups in total. The van der Waals surface area contributed by atoms with E-state index in [0.717, 1.165) is 25.0 Å². The number of likely N-dealkylation sites (N-methyl/N-ethyl adjacent to an activating group) is 1. The third-order valence-electron chi connectivity index (χ3n) is 4.10. The van der Waals surface area contributed by atoms with Gasteiger partial charge in [0.05, 0.1) is 6.04 Å². The lowest BCUT2D eigenvalue weighted by atomic mass is 9.82. The van der Waals surface area contributed by atoms with Gasteiger partial charge in [-0.2, -0.15) is 0 Å². The van der Waals surface area contributed by atoms with Gasteiger partial charge in [-0.1, -0.05) is 25.5 Å². The number of carbonyl (C=O) groups is 1. The molecule has 1 saturated heterocycles. The lowest BCUT2D eigenvalue weighted by Crippen LogP contribution is -2.52. The molecule has 2 atom stereocenters. The van der Waals surface area contributed by atoms with Crippen LogP contribution in [0.3, 0.4) is 0 Å². The average molecular weight is 249 g/mol. The number of piperidine rings is 1. The molecule has 3 heteroatoms. The van der Waals surface area contributed by atoms with Crippen LogP contribution in [0.1, 0.15) is 39.5 Å². The number of hydrogen-bond donors (Lipinski definition) is 0. The van der Waals surface area contributed by atoms with E-state index >= 15 is 0 Å². The lowest BCUT2D eigenvalue weighted by molar-refractivity contribution is -0.150. The molecule has 0 spiro atoms. The van der Waals surface area contributed by atoms with E-state index in [0.29, 0.717) is 6.04 Å². The summed E-state index contributed by atoms with van der Waals surface area (Å²) in [5.74, 6) is -0.202. The van der Waals surface area contributed by atoms with Crippen molar-refractivity contribution in [3.05, 3.63) is 23.8 Å². The highest BCUT2D eigenvalue weighted by atomic mass is 16.6. The first-order chi connectivity index (χ1) is 8.58. The maximum Gasteiger partial charge on any atom is 0.332 e. The smallest absolute Gasteiger partial charge is 0.332 e. The van der Waals surface area contributed by atoms with E-state index in [-0.39, 0.29) is 5.97 Å². The number of carbonyl (C=O) groups excluding carboxylic acids is 1. The van der Waals surface area contributed by atoms with Gasteiger partial charge in [-0.05, 0) is 39.8 Å². The van der Waals surface area contributed by atoms with E-state index in [1.807, 2.05) is 6.08 Å². The van der Waals surface area contributed by atoms with Gasteiger partial charge in [-0.15, -0.1) is 0 Å². The highest BCUT2D eigenvalue weighted by Gasteiger charge is 2.46. The Bertz CT molecular complexity index is 386. The molecular weight excluding hydrogens is 226 g/mol. The topological polar surface area (TPSA) is 29.5 Å². The van der Waals surface area contributed by atoms with Crippen molar-refractivity contribution in [3.8, 4) is 0 Å². The summed E-state index contributed by atoms with van der Waals surface area (Å²) < 4.78 is 5.64. The SMILES string of the molecule is CC/C=C\C1=CC(=O)O[C@]1(C)C1CCCCN1C. The van der Waals surface area contributed by atoms with Crippen LogP contribution >= 0.6 is 0 Å². The first-order valence-corrected chi connectivity index (χ1v) is 6.90. The molecular formula is C15H23NO2. The van der Waals surface area contributed by atoms with E-state index in [1.54, 1.807) is 6.08 Å². The van der Waals surface area contributed by atoms with Gasteiger partial charge >= 0.3 is 5.97 Å². The van der Waals surface area contributed by atoms with Crippen LogP contribution in [0.4, 0.5) is 0 Å². The van der Waals surface area contributed by atoms with Crippen molar-refractivity contribution in [3.63, 3.8) is 0 Å². The van der Waals surface area contributed by atoms with Crippen LogP contribution in [0.5, 0.6) is 0 Å². The molecule has 0 amide bonds. The molecule has 100 valence electrons. The largest absolute Gasteiger partial charge is 0.450 e. The van der Waals surface area contributed by atoms with Crippen LogP contribution in [-0.2, 0) is 9.53 Å². The number of nitrogens with zero attached hydrogens (tertiary/aromatic N) is 1. The number of ether oxygens (including phenoxy) is 1.